The first-order valence-corrected chi connectivity index (χ1v) is 7.06. The van der Waals surface area contributed by atoms with Gasteiger partial charge in [0, 0.05) is 27.5 Å². The molecule has 0 radical (unpaired) electrons. The molecule has 0 fully saturated rings. The van der Waals surface area contributed by atoms with Crippen LogP contribution in [0.25, 0.3) is 10.8 Å². The summed E-state index contributed by atoms with van der Waals surface area (Å²) in [5, 5.41) is 12.8. The van der Waals surface area contributed by atoms with E-state index in [1.807, 2.05) is 30.5 Å². The van der Waals surface area contributed by atoms with Gasteiger partial charge in [-0.2, -0.15) is 0 Å². The lowest BCUT2D eigenvalue weighted by atomic mass is 9.97. The van der Waals surface area contributed by atoms with Gasteiger partial charge in [-0.1, -0.05) is 18.2 Å². The van der Waals surface area contributed by atoms with Crippen molar-refractivity contribution < 1.29 is 5.11 Å². The lowest BCUT2D eigenvalue weighted by molar-refractivity contribution is 0.221. The maximum Gasteiger partial charge on any atom is 0.106 e. The minimum atomic E-state index is -0.585. The number of pyridine rings is 1. The highest BCUT2D eigenvalue weighted by Crippen LogP contribution is 2.33. The number of aryl methyl sites for hydroxylation is 2. The van der Waals surface area contributed by atoms with Gasteiger partial charge in [-0.25, -0.2) is 0 Å². The maximum atomic E-state index is 10.7. The minimum Gasteiger partial charge on any atom is -0.384 e. The molecule has 0 saturated heterocycles. The topological polar surface area (TPSA) is 33.1 Å². The predicted molar refractivity (Wildman–Crippen MR) is 79.6 cm³/mol. The molecule has 3 aromatic rings. The van der Waals surface area contributed by atoms with Crippen molar-refractivity contribution in [3.8, 4) is 0 Å². The zero-order valence-corrected chi connectivity index (χ0v) is 11.7. The molecule has 1 N–H and O–H groups in total. The van der Waals surface area contributed by atoms with Crippen molar-refractivity contribution in [2.45, 2.75) is 20.0 Å². The molecule has 1 aromatic carbocycles. The number of aliphatic hydroxyl groups is 1. The Balaban J connectivity index is 2.16. The van der Waals surface area contributed by atoms with Gasteiger partial charge in [-0.15, -0.1) is 11.3 Å². The number of aliphatic hydroxyl groups excluding tert-OH is 1. The Kier molecular flexibility index (Phi) is 3.09. The summed E-state index contributed by atoms with van der Waals surface area (Å²) in [5.41, 5.74) is 1.92. The standard InChI is InChI=1S/C16H15NOS/c1-10-8-14(11(2)19-10)16(18)13-5-3-4-12-6-7-17-9-15(12)13/h3-9,16,18H,1-2H3. The fourth-order valence-corrected chi connectivity index (χ4v) is 3.42. The van der Waals surface area contributed by atoms with Gasteiger partial charge in [0.15, 0.2) is 0 Å². The van der Waals surface area contributed by atoms with Crippen molar-refractivity contribution in [1.29, 1.82) is 0 Å². The van der Waals surface area contributed by atoms with Gasteiger partial charge in [-0.05, 0) is 42.5 Å². The van der Waals surface area contributed by atoms with Crippen LogP contribution in [0, 0.1) is 13.8 Å². The Hall–Kier alpha value is -1.71. The number of thiophene rings is 1. The third-order valence-electron chi connectivity index (χ3n) is 3.39. The number of hydrogen-bond donors (Lipinski definition) is 1. The lowest BCUT2D eigenvalue weighted by Crippen LogP contribution is -2.00. The summed E-state index contributed by atoms with van der Waals surface area (Å²) in [6.07, 6.45) is 3.01. The SMILES string of the molecule is Cc1cc(C(O)c2cccc3ccncc23)c(C)s1. The molecule has 0 saturated carbocycles. The second-order valence-corrected chi connectivity index (χ2v) is 6.18. The lowest BCUT2D eigenvalue weighted by Gasteiger charge is -2.13. The van der Waals surface area contributed by atoms with E-state index in [0.29, 0.717) is 0 Å². The van der Waals surface area contributed by atoms with Crippen LogP contribution in [-0.2, 0) is 0 Å². The summed E-state index contributed by atoms with van der Waals surface area (Å²) in [6.45, 7) is 4.12. The monoisotopic (exact) mass is 269 g/mol. The minimum absolute atomic E-state index is 0.585. The van der Waals surface area contributed by atoms with Gasteiger partial charge >= 0.3 is 0 Å². The van der Waals surface area contributed by atoms with E-state index in [2.05, 4.69) is 24.9 Å². The van der Waals surface area contributed by atoms with Gasteiger partial charge in [0.05, 0.1) is 0 Å². The normalized spacial score (nSPS) is 12.8. The Morgan fingerprint density at radius 2 is 2.00 bits per heavy atom. The number of benzene rings is 1. The molecular weight excluding hydrogens is 254 g/mol. The van der Waals surface area contributed by atoms with Crippen molar-refractivity contribution in [2.24, 2.45) is 0 Å². The highest BCUT2D eigenvalue weighted by Gasteiger charge is 2.17. The molecule has 3 rings (SSSR count). The van der Waals surface area contributed by atoms with Gasteiger partial charge in [0.25, 0.3) is 0 Å². The molecule has 0 aliphatic heterocycles. The average molecular weight is 269 g/mol. The van der Waals surface area contributed by atoms with Crippen LogP contribution >= 0.6 is 11.3 Å². The maximum absolute atomic E-state index is 10.7. The Morgan fingerprint density at radius 1 is 1.16 bits per heavy atom. The quantitative estimate of drug-likeness (QED) is 0.763. The molecule has 19 heavy (non-hydrogen) atoms. The average Bonchev–Trinajstić information content (AvgIpc) is 2.76. The Morgan fingerprint density at radius 3 is 2.74 bits per heavy atom. The third kappa shape index (κ3) is 2.15. The second-order valence-electron chi connectivity index (χ2n) is 4.72. The first kappa shape index (κ1) is 12.3. The number of nitrogens with zero attached hydrogens (tertiary/aromatic N) is 1. The van der Waals surface area contributed by atoms with Crippen molar-refractivity contribution in [3.63, 3.8) is 0 Å². The molecule has 0 aliphatic rings. The molecule has 2 heterocycles. The van der Waals surface area contributed by atoms with E-state index in [1.165, 1.54) is 9.75 Å². The van der Waals surface area contributed by atoms with E-state index in [0.717, 1.165) is 21.9 Å². The second kappa shape index (κ2) is 4.76. The van der Waals surface area contributed by atoms with Crippen molar-refractivity contribution in [2.75, 3.05) is 0 Å². The predicted octanol–water partition coefficient (Wildman–Crippen LogP) is 3.99. The molecule has 1 unspecified atom stereocenters. The largest absolute Gasteiger partial charge is 0.384 e. The van der Waals surface area contributed by atoms with Crippen LogP contribution in [0.15, 0.2) is 42.7 Å². The van der Waals surface area contributed by atoms with E-state index in [9.17, 15) is 5.11 Å². The van der Waals surface area contributed by atoms with Crippen LogP contribution in [0.1, 0.15) is 27.0 Å². The highest BCUT2D eigenvalue weighted by atomic mass is 32.1. The van der Waals surface area contributed by atoms with Crippen LogP contribution in [0.3, 0.4) is 0 Å². The number of fused-ring (bicyclic) bond motifs is 1. The number of hydrogen-bond acceptors (Lipinski definition) is 3. The van der Waals surface area contributed by atoms with E-state index in [1.54, 1.807) is 17.5 Å². The van der Waals surface area contributed by atoms with Gasteiger partial charge in [0.1, 0.15) is 6.10 Å². The fraction of sp³-hybridized carbons (Fsp3) is 0.188. The summed E-state index contributed by atoms with van der Waals surface area (Å²) >= 11 is 1.72. The molecule has 0 amide bonds. The number of aromatic nitrogens is 1. The van der Waals surface area contributed by atoms with Gasteiger partial charge in [-0.3, -0.25) is 4.98 Å². The van der Waals surface area contributed by atoms with Crippen molar-refractivity contribution >= 4 is 22.1 Å². The van der Waals surface area contributed by atoms with Gasteiger partial charge < -0.3 is 5.11 Å². The van der Waals surface area contributed by atoms with Crippen LogP contribution in [0.4, 0.5) is 0 Å². The van der Waals surface area contributed by atoms with Crippen molar-refractivity contribution in [3.05, 3.63) is 63.6 Å². The zero-order chi connectivity index (χ0) is 13.4. The molecule has 96 valence electrons. The van der Waals surface area contributed by atoms with Gasteiger partial charge in [0.2, 0.25) is 0 Å². The first-order valence-electron chi connectivity index (χ1n) is 6.24. The van der Waals surface area contributed by atoms with Crippen LogP contribution in [-0.4, -0.2) is 10.1 Å². The molecule has 2 nitrogen and oxygen atoms in total. The van der Waals surface area contributed by atoms with Crippen LogP contribution in [0.5, 0.6) is 0 Å². The molecule has 1 atom stereocenters. The smallest absolute Gasteiger partial charge is 0.106 e. The summed E-state index contributed by atoms with van der Waals surface area (Å²) in [6, 6.07) is 10.0. The molecule has 3 heteroatoms. The molecule has 0 bridgehead atoms. The van der Waals surface area contributed by atoms with Crippen LogP contribution < -0.4 is 0 Å². The van der Waals surface area contributed by atoms with E-state index < -0.39 is 6.10 Å². The molecule has 0 spiro atoms. The summed E-state index contributed by atoms with van der Waals surface area (Å²) < 4.78 is 0. The molecular formula is C16H15NOS. The Bertz CT molecular complexity index is 727. The third-order valence-corrected chi connectivity index (χ3v) is 4.37. The molecule has 0 aliphatic carbocycles. The fourth-order valence-electron chi connectivity index (χ4n) is 2.46. The summed E-state index contributed by atoms with van der Waals surface area (Å²) in [4.78, 5) is 6.57. The van der Waals surface area contributed by atoms with E-state index in [-0.39, 0.29) is 0 Å². The summed E-state index contributed by atoms with van der Waals surface area (Å²) in [5.74, 6) is 0. The zero-order valence-electron chi connectivity index (χ0n) is 10.9. The summed E-state index contributed by atoms with van der Waals surface area (Å²) in [7, 11) is 0. The van der Waals surface area contributed by atoms with Crippen molar-refractivity contribution in [1.82, 2.24) is 4.98 Å². The Labute approximate surface area is 116 Å². The molecule has 2 aromatic heterocycles. The first-order chi connectivity index (χ1) is 9.16. The van der Waals surface area contributed by atoms with Crippen LogP contribution in [0.2, 0.25) is 0 Å². The van der Waals surface area contributed by atoms with E-state index in [4.69, 9.17) is 0 Å². The van der Waals surface area contributed by atoms with E-state index >= 15 is 0 Å². The highest BCUT2D eigenvalue weighted by molar-refractivity contribution is 7.12. The number of rotatable bonds is 2.